The number of benzene rings is 4. The quantitative estimate of drug-likeness (QED) is 0.106. The summed E-state index contributed by atoms with van der Waals surface area (Å²) >= 11 is 25.9. The standard InChI is InChI=1S/C42H48Cl4N2O3/c1-47-25-37(35-21-33(43)23-41(45)39(35)27-47)31-11-3-7-29(19-31)9-5-13-49-15-17-51-18-16-50-14-6-10-30-8-4-12-32(20-30)38-26-48(2)28-40-36(38)22-34(44)24-42(40)46/h3-4,7-8,11-12,19-24,37-38H,5-6,9-10,13-18,25-28H2,1-2H3. The van der Waals surface area contributed by atoms with Crippen molar-refractivity contribution >= 4 is 46.4 Å². The minimum atomic E-state index is 0.249. The average Bonchev–Trinajstić information content (AvgIpc) is 3.10. The van der Waals surface area contributed by atoms with Gasteiger partial charge in [0, 0.05) is 71.3 Å². The van der Waals surface area contributed by atoms with Gasteiger partial charge in [0.05, 0.1) is 26.4 Å². The minimum Gasteiger partial charge on any atom is -0.379 e. The Morgan fingerprint density at radius 2 is 0.961 bits per heavy atom. The lowest BCUT2D eigenvalue weighted by Gasteiger charge is -2.33. The molecule has 0 saturated carbocycles. The fourth-order valence-electron chi connectivity index (χ4n) is 7.49. The van der Waals surface area contributed by atoms with Crippen molar-refractivity contribution in [2.75, 3.05) is 66.8 Å². The van der Waals surface area contributed by atoms with Gasteiger partial charge in [-0.1, -0.05) is 94.9 Å². The van der Waals surface area contributed by atoms with Crippen molar-refractivity contribution in [2.24, 2.45) is 0 Å². The third kappa shape index (κ3) is 10.5. The predicted molar refractivity (Wildman–Crippen MR) is 211 cm³/mol. The second-order valence-electron chi connectivity index (χ2n) is 13.9. The highest BCUT2D eigenvalue weighted by Crippen LogP contribution is 2.40. The summed E-state index contributed by atoms with van der Waals surface area (Å²) < 4.78 is 17.5. The van der Waals surface area contributed by atoms with Crippen LogP contribution in [-0.4, -0.2) is 76.6 Å². The number of aryl methyl sites for hydroxylation is 2. The first kappa shape index (κ1) is 38.6. The van der Waals surface area contributed by atoms with Gasteiger partial charge in [0.25, 0.3) is 0 Å². The molecule has 2 atom stereocenters. The summed E-state index contributed by atoms with van der Waals surface area (Å²) in [6.07, 6.45) is 3.85. The molecule has 6 rings (SSSR count). The summed E-state index contributed by atoms with van der Waals surface area (Å²) in [4.78, 5) is 4.65. The van der Waals surface area contributed by atoms with Gasteiger partial charge in [0.15, 0.2) is 0 Å². The van der Waals surface area contributed by atoms with Crippen molar-refractivity contribution in [1.29, 1.82) is 0 Å². The third-order valence-electron chi connectivity index (χ3n) is 9.94. The van der Waals surface area contributed by atoms with Crippen LogP contribution in [0.3, 0.4) is 0 Å². The first-order valence-corrected chi connectivity index (χ1v) is 19.5. The van der Waals surface area contributed by atoms with Crippen LogP contribution in [0.1, 0.15) is 69.2 Å². The fraction of sp³-hybridized carbons (Fsp3) is 0.429. The van der Waals surface area contributed by atoms with Gasteiger partial charge in [-0.2, -0.15) is 0 Å². The molecule has 0 amide bonds. The molecule has 2 aliphatic rings. The second kappa shape index (κ2) is 18.7. The van der Waals surface area contributed by atoms with Crippen LogP contribution in [0.25, 0.3) is 0 Å². The van der Waals surface area contributed by atoms with E-state index >= 15 is 0 Å². The van der Waals surface area contributed by atoms with Crippen LogP contribution in [0.5, 0.6) is 0 Å². The van der Waals surface area contributed by atoms with E-state index in [2.05, 4.69) is 84.6 Å². The molecule has 4 aromatic carbocycles. The smallest absolute Gasteiger partial charge is 0.0701 e. The number of nitrogens with zero attached hydrogens (tertiary/aromatic N) is 2. The van der Waals surface area contributed by atoms with Gasteiger partial charge in [0.2, 0.25) is 0 Å². The Morgan fingerprint density at radius 1 is 0.549 bits per heavy atom. The van der Waals surface area contributed by atoms with Crippen LogP contribution in [0.4, 0.5) is 0 Å². The first-order valence-electron chi connectivity index (χ1n) is 18.0. The molecule has 0 fully saturated rings. The van der Waals surface area contributed by atoms with E-state index in [1.165, 1.54) is 44.5 Å². The summed E-state index contributed by atoms with van der Waals surface area (Å²) in [7, 11) is 4.29. The molecule has 0 N–H and O–H groups in total. The van der Waals surface area contributed by atoms with Gasteiger partial charge in [0.1, 0.15) is 0 Å². The van der Waals surface area contributed by atoms with Crippen LogP contribution in [0.2, 0.25) is 20.1 Å². The maximum atomic E-state index is 6.58. The van der Waals surface area contributed by atoms with Gasteiger partial charge in [-0.15, -0.1) is 0 Å². The van der Waals surface area contributed by atoms with Gasteiger partial charge in [-0.3, -0.25) is 0 Å². The van der Waals surface area contributed by atoms with Crippen molar-refractivity contribution in [3.8, 4) is 0 Å². The molecule has 2 aliphatic heterocycles. The van der Waals surface area contributed by atoms with E-state index in [0.717, 1.165) is 61.9 Å². The van der Waals surface area contributed by atoms with E-state index in [-0.39, 0.29) is 11.8 Å². The molecule has 4 aromatic rings. The topological polar surface area (TPSA) is 34.2 Å². The summed E-state index contributed by atoms with van der Waals surface area (Å²) in [5, 5.41) is 2.89. The molecule has 0 bridgehead atoms. The molecule has 2 heterocycles. The summed E-state index contributed by atoms with van der Waals surface area (Å²) in [6.45, 7) is 7.29. The zero-order valence-corrected chi connectivity index (χ0v) is 32.6. The van der Waals surface area contributed by atoms with Gasteiger partial charge >= 0.3 is 0 Å². The molecule has 2 unspecified atom stereocenters. The van der Waals surface area contributed by atoms with Crippen molar-refractivity contribution < 1.29 is 14.2 Å². The van der Waals surface area contributed by atoms with Crippen molar-refractivity contribution in [1.82, 2.24) is 9.80 Å². The highest BCUT2D eigenvalue weighted by atomic mass is 35.5. The molecule has 0 aromatic heterocycles. The molecule has 5 nitrogen and oxygen atoms in total. The molecule has 272 valence electrons. The van der Waals surface area contributed by atoms with E-state index in [1.54, 1.807) is 0 Å². The second-order valence-corrected chi connectivity index (χ2v) is 15.6. The number of ether oxygens (including phenoxy) is 3. The Kier molecular flexibility index (Phi) is 14.2. The number of rotatable bonds is 16. The van der Waals surface area contributed by atoms with Crippen molar-refractivity contribution in [2.45, 2.75) is 50.6 Å². The van der Waals surface area contributed by atoms with Crippen LogP contribution >= 0.6 is 46.4 Å². The largest absolute Gasteiger partial charge is 0.379 e. The Bertz CT molecular complexity index is 1640. The van der Waals surface area contributed by atoms with Gasteiger partial charge < -0.3 is 24.0 Å². The lowest BCUT2D eigenvalue weighted by Crippen LogP contribution is -2.31. The number of halogens is 4. The van der Waals surface area contributed by atoms with Crippen LogP contribution in [0.15, 0.2) is 72.8 Å². The van der Waals surface area contributed by atoms with Gasteiger partial charge in [-0.25, -0.2) is 0 Å². The number of hydrogen-bond donors (Lipinski definition) is 0. The summed E-state index contributed by atoms with van der Waals surface area (Å²) in [5.74, 6) is 0.498. The van der Waals surface area contributed by atoms with E-state index < -0.39 is 0 Å². The number of hydrogen-bond acceptors (Lipinski definition) is 5. The van der Waals surface area contributed by atoms with E-state index in [9.17, 15) is 0 Å². The molecule has 0 aliphatic carbocycles. The van der Waals surface area contributed by atoms with Crippen LogP contribution < -0.4 is 0 Å². The van der Waals surface area contributed by atoms with E-state index in [0.29, 0.717) is 49.7 Å². The van der Waals surface area contributed by atoms with Crippen LogP contribution in [-0.2, 0) is 40.1 Å². The zero-order valence-electron chi connectivity index (χ0n) is 29.6. The van der Waals surface area contributed by atoms with Crippen molar-refractivity contribution in [3.05, 3.63) is 137 Å². The lowest BCUT2D eigenvalue weighted by atomic mass is 9.84. The zero-order chi connectivity index (χ0) is 35.7. The Balaban J connectivity index is 0.836. The molecule has 0 radical (unpaired) electrons. The molecule has 0 saturated heterocycles. The maximum Gasteiger partial charge on any atom is 0.0701 e. The average molecular weight is 771 g/mol. The normalized spacial score (nSPS) is 17.8. The SMILES string of the molecule is CN1Cc2c(Cl)cc(Cl)cc2C(c2cccc(CCCOCCOCCOCCCc3cccc(C4CN(C)Cc5c(Cl)cc(Cl)cc54)c3)c2)C1. The third-order valence-corrected chi connectivity index (χ3v) is 11.1. The first-order chi connectivity index (χ1) is 24.7. The summed E-state index contributed by atoms with van der Waals surface area (Å²) in [6, 6.07) is 25.7. The highest BCUT2D eigenvalue weighted by Gasteiger charge is 2.28. The Labute approximate surface area is 323 Å². The fourth-order valence-corrected chi connectivity index (χ4v) is 8.63. The Hall–Kier alpha value is -2.16. The number of fused-ring (bicyclic) bond motifs is 2. The van der Waals surface area contributed by atoms with Gasteiger partial charge in [-0.05, 0) is 109 Å². The maximum absolute atomic E-state index is 6.58. The van der Waals surface area contributed by atoms with E-state index in [1.807, 2.05) is 12.1 Å². The monoisotopic (exact) mass is 768 g/mol. The molecular weight excluding hydrogens is 722 g/mol. The highest BCUT2D eigenvalue weighted by molar-refractivity contribution is 6.35. The predicted octanol–water partition coefficient (Wildman–Crippen LogP) is 10.1. The molecule has 0 spiro atoms. The molecular formula is C42H48Cl4N2O3. The summed E-state index contributed by atoms with van der Waals surface area (Å²) in [5.41, 5.74) is 10.1. The van der Waals surface area contributed by atoms with E-state index in [4.69, 9.17) is 60.6 Å². The number of likely N-dealkylation sites (N-methyl/N-ethyl adjacent to an activating group) is 2. The van der Waals surface area contributed by atoms with Crippen molar-refractivity contribution in [3.63, 3.8) is 0 Å². The molecule has 51 heavy (non-hydrogen) atoms. The van der Waals surface area contributed by atoms with Crippen LogP contribution in [0, 0.1) is 0 Å². The lowest BCUT2D eigenvalue weighted by molar-refractivity contribution is 0.0138. The minimum absolute atomic E-state index is 0.249. The Morgan fingerprint density at radius 3 is 1.39 bits per heavy atom. The molecule has 9 heteroatoms.